The Hall–Kier alpha value is -1.65. The van der Waals surface area contributed by atoms with Gasteiger partial charge in [0.05, 0.1) is 0 Å². The van der Waals surface area contributed by atoms with E-state index < -0.39 is 0 Å². The fourth-order valence-corrected chi connectivity index (χ4v) is 4.87. The largest absolute Gasteiger partial charge is 0.339 e. The van der Waals surface area contributed by atoms with Gasteiger partial charge in [0.25, 0.3) is 5.91 Å². The molecule has 0 atom stereocenters. The van der Waals surface area contributed by atoms with E-state index >= 15 is 0 Å². The Morgan fingerprint density at radius 2 is 2.00 bits per heavy atom. The van der Waals surface area contributed by atoms with Crippen LogP contribution in [0, 0.1) is 6.92 Å². The molecule has 0 radical (unpaired) electrons. The molecule has 24 heavy (non-hydrogen) atoms. The van der Waals surface area contributed by atoms with Gasteiger partial charge in [-0.25, -0.2) is 0 Å². The number of aryl methyl sites for hydroxylation is 1. The summed E-state index contributed by atoms with van der Waals surface area (Å²) in [6.45, 7) is 6.06. The van der Waals surface area contributed by atoms with Crippen molar-refractivity contribution in [2.24, 2.45) is 0 Å². The van der Waals surface area contributed by atoms with Crippen molar-refractivity contribution in [3.63, 3.8) is 0 Å². The summed E-state index contributed by atoms with van der Waals surface area (Å²) in [6.07, 6.45) is 3.38. The van der Waals surface area contributed by atoms with Crippen LogP contribution in [0.3, 0.4) is 0 Å². The van der Waals surface area contributed by atoms with E-state index in [-0.39, 0.29) is 5.91 Å². The van der Waals surface area contributed by atoms with E-state index in [1.165, 1.54) is 18.5 Å². The Kier molecular flexibility index (Phi) is 4.42. The standard InChI is InChI=1S/C20H24N2OS/c1-15-3-2-4-16(13-15)20(23)21-9-5-18(6-10-21)22-11-7-19-17(14-22)8-12-24-19/h2-4,8,12-13,18H,5-7,9-11,14H2,1H3. The third-order valence-electron chi connectivity index (χ3n) is 5.37. The number of carbonyl (C=O) groups excluding carboxylic acids is 1. The maximum atomic E-state index is 12.7. The van der Waals surface area contributed by atoms with E-state index in [4.69, 9.17) is 0 Å². The number of fused-ring (bicyclic) bond motifs is 1. The highest BCUT2D eigenvalue weighted by molar-refractivity contribution is 7.10. The minimum absolute atomic E-state index is 0.191. The molecule has 0 spiro atoms. The van der Waals surface area contributed by atoms with E-state index in [1.54, 1.807) is 4.88 Å². The lowest BCUT2D eigenvalue weighted by Gasteiger charge is -2.40. The van der Waals surface area contributed by atoms with E-state index in [9.17, 15) is 4.79 Å². The number of rotatable bonds is 2. The van der Waals surface area contributed by atoms with Gasteiger partial charge < -0.3 is 4.90 Å². The van der Waals surface area contributed by atoms with Crippen molar-refractivity contribution in [2.45, 2.75) is 38.8 Å². The molecule has 1 saturated heterocycles. The molecule has 0 N–H and O–H groups in total. The van der Waals surface area contributed by atoms with Crippen LogP contribution in [0.1, 0.15) is 39.2 Å². The predicted molar refractivity (Wildman–Crippen MR) is 98.5 cm³/mol. The van der Waals surface area contributed by atoms with Gasteiger partial charge in [-0.05, 0) is 55.3 Å². The van der Waals surface area contributed by atoms with E-state index in [0.717, 1.165) is 43.6 Å². The molecule has 1 aromatic heterocycles. The molecule has 2 aliphatic rings. The second-order valence-corrected chi connectivity index (χ2v) is 7.98. The number of thiophene rings is 1. The fourth-order valence-electron chi connectivity index (χ4n) is 3.98. The molecule has 4 rings (SSSR count). The van der Waals surface area contributed by atoms with Crippen LogP contribution in [0.2, 0.25) is 0 Å². The van der Waals surface area contributed by atoms with Gasteiger partial charge in [0, 0.05) is 42.7 Å². The highest BCUT2D eigenvalue weighted by Gasteiger charge is 2.29. The Labute approximate surface area is 147 Å². The SMILES string of the molecule is Cc1cccc(C(=O)N2CCC(N3CCc4sccc4C3)CC2)c1. The summed E-state index contributed by atoms with van der Waals surface area (Å²) in [5.74, 6) is 0.191. The fraction of sp³-hybridized carbons (Fsp3) is 0.450. The molecule has 2 aromatic rings. The molecule has 1 aromatic carbocycles. The zero-order chi connectivity index (χ0) is 16.5. The Bertz CT molecular complexity index is 731. The molecule has 4 heteroatoms. The van der Waals surface area contributed by atoms with Crippen molar-refractivity contribution < 1.29 is 4.79 Å². The number of benzene rings is 1. The third kappa shape index (κ3) is 3.13. The summed E-state index contributed by atoms with van der Waals surface area (Å²) in [7, 11) is 0. The molecule has 0 saturated carbocycles. The number of hydrogen-bond donors (Lipinski definition) is 0. The highest BCUT2D eigenvalue weighted by atomic mass is 32.1. The second-order valence-electron chi connectivity index (χ2n) is 6.98. The summed E-state index contributed by atoms with van der Waals surface area (Å²) >= 11 is 1.90. The molecule has 2 aliphatic heterocycles. The van der Waals surface area contributed by atoms with Crippen molar-refractivity contribution >= 4 is 17.2 Å². The monoisotopic (exact) mass is 340 g/mol. The van der Waals surface area contributed by atoms with Crippen LogP contribution in [0.4, 0.5) is 0 Å². The molecular formula is C20H24N2OS. The van der Waals surface area contributed by atoms with Gasteiger partial charge in [0.1, 0.15) is 0 Å². The van der Waals surface area contributed by atoms with Crippen LogP contribution in [-0.4, -0.2) is 41.4 Å². The van der Waals surface area contributed by atoms with Crippen LogP contribution in [0.15, 0.2) is 35.7 Å². The smallest absolute Gasteiger partial charge is 0.253 e. The van der Waals surface area contributed by atoms with Crippen molar-refractivity contribution in [2.75, 3.05) is 19.6 Å². The molecule has 0 unspecified atom stereocenters. The van der Waals surface area contributed by atoms with Crippen LogP contribution in [0.25, 0.3) is 0 Å². The normalized spacial score (nSPS) is 19.3. The number of hydrogen-bond acceptors (Lipinski definition) is 3. The van der Waals surface area contributed by atoms with Crippen molar-refractivity contribution in [3.8, 4) is 0 Å². The average molecular weight is 340 g/mol. The van der Waals surface area contributed by atoms with Gasteiger partial charge in [-0.3, -0.25) is 9.69 Å². The predicted octanol–water partition coefficient (Wildman–Crippen LogP) is 3.72. The Balaban J connectivity index is 1.36. The molecule has 126 valence electrons. The molecular weight excluding hydrogens is 316 g/mol. The van der Waals surface area contributed by atoms with Crippen molar-refractivity contribution in [1.82, 2.24) is 9.80 Å². The highest BCUT2D eigenvalue weighted by Crippen LogP contribution is 2.28. The number of carbonyl (C=O) groups is 1. The summed E-state index contributed by atoms with van der Waals surface area (Å²) < 4.78 is 0. The molecule has 3 heterocycles. The summed E-state index contributed by atoms with van der Waals surface area (Å²) in [5, 5.41) is 2.22. The van der Waals surface area contributed by atoms with Crippen LogP contribution >= 0.6 is 11.3 Å². The molecule has 1 amide bonds. The Morgan fingerprint density at radius 1 is 1.17 bits per heavy atom. The van der Waals surface area contributed by atoms with E-state index in [2.05, 4.69) is 16.3 Å². The lowest BCUT2D eigenvalue weighted by Crippen LogP contribution is -2.47. The van der Waals surface area contributed by atoms with Gasteiger partial charge in [-0.1, -0.05) is 17.7 Å². The maximum Gasteiger partial charge on any atom is 0.253 e. The average Bonchev–Trinajstić information content (AvgIpc) is 3.09. The van der Waals surface area contributed by atoms with Crippen molar-refractivity contribution in [1.29, 1.82) is 0 Å². The van der Waals surface area contributed by atoms with Gasteiger partial charge in [0.15, 0.2) is 0 Å². The van der Waals surface area contributed by atoms with Gasteiger partial charge in [-0.2, -0.15) is 0 Å². The first-order valence-corrected chi connectivity index (χ1v) is 9.74. The van der Waals surface area contributed by atoms with Crippen LogP contribution in [-0.2, 0) is 13.0 Å². The number of likely N-dealkylation sites (tertiary alicyclic amines) is 1. The number of amides is 1. The third-order valence-corrected chi connectivity index (χ3v) is 6.39. The van der Waals surface area contributed by atoms with Gasteiger partial charge in [0.2, 0.25) is 0 Å². The number of nitrogens with zero attached hydrogens (tertiary/aromatic N) is 2. The quantitative estimate of drug-likeness (QED) is 0.832. The molecule has 1 fully saturated rings. The zero-order valence-electron chi connectivity index (χ0n) is 14.2. The molecule has 3 nitrogen and oxygen atoms in total. The molecule has 0 aliphatic carbocycles. The van der Waals surface area contributed by atoms with Crippen LogP contribution in [0.5, 0.6) is 0 Å². The minimum atomic E-state index is 0.191. The summed E-state index contributed by atoms with van der Waals surface area (Å²) in [4.78, 5) is 18.9. The van der Waals surface area contributed by atoms with E-state index in [0.29, 0.717) is 6.04 Å². The molecule has 0 bridgehead atoms. The first kappa shape index (κ1) is 15.9. The summed E-state index contributed by atoms with van der Waals surface area (Å²) in [5.41, 5.74) is 3.49. The zero-order valence-corrected chi connectivity index (χ0v) is 15.0. The first-order chi connectivity index (χ1) is 11.7. The number of piperidine rings is 1. The van der Waals surface area contributed by atoms with Gasteiger partial charge >= 0.3 is 0 Å². The van der Waals surface area contributed by atoms with Crippen LogP contribution < -0.4 is 0 Å². The lowest BCUT2D eigenvalue weighted by atomic mass is 9.99. The summed E-state index contributed by atoms with van der Waals surface area (Å²) in [6, 6.07) is 10.9. The van der Waals surface area contributed by atoms with E-state index in [1.807, 2.05) is 47.4 Å². The second kappa shape index (κ2) is 6.69. The minimum Gasteiger partial charge on any atom is -0.339 e. The maximum absolute atomic E-state index is 12.7. The Morgan fingerprint density at radius 3 is 2.79 bits per heavy atom. The topological polar surface area (TPSA) is 23.6 Å². The first-order valence-electron chi connectivity index (χ1n) is 8.86. The van der Waals surface area contributed by atoms with Gasteiger partial charge in [-0.15, -0.1) is 11.3 Å². The van der Waals surface area contributed by atoms with Crippen molar-refractivity contribution in [3.05, 3.63) is 57.3 Å². The lowest BCUT2D eigenvalue weighted by molar-refractivity contribution is 0.0600.